The zero-order valence-corrected chi connectivity index (χ0v) is 7.98. The molecule has 0 rings (SSSR count). The van der Waals surface area contributed by atoms with Crippen LogP contribution < -0.4 is 5.43 Å². The third-order valence-electron chi connectivity index (χ3n) is 1.23. The smallest absolute Gasteiger partial charge is 0.342 e. The van der Waals surface area contributed by atoms with Gasteiger partial charge in [0, 0.05) is 0 Å². The van der Waals surface area contributed by atoms with Crippen LogP contribution >= 0.6 is 0 Å². The largest absolute Gasteiger partial charge is 0.464 e. The third-order valence-corrected chi connectivity index (χ3v) is 1.23. The quantitative estimate of drug-likeness (QED) is 0.277. The molecule has 0 unspecified atom stereocenters. The highest BCUT2D eigenvalue weighted by molar-refractivity contribution is 5.99. The summed E-state index contributed by atoms with van der Waals surface area (Å²) in [7, 11) is 0. The zero-order chi connectivity index (χ0) is 11.0. The standard InChI is InChI=1S/C7H12N2O5/c1-3-13-6(10)5(8-9-12)7(11)14-4-2/h5H,3-4H2,1-2H3,(H,8,12). The molecule has 7 nitrogen and oxygen atoms in total. The van der Waals surface area contributed by atoms with Crippen LogP contribution in [0.4, 0.5) is 0 Å². The first-order valence-electron chi connectivity index (χ1n) is 4.08. The number of nitrogens with one attached hydrogen (secondary N) is 1. The predicted molar refractivity (Wildman–Crippen MR) is 46.0 cm³/mol. The van der Waals surface area contributed by atoms with Crippen LogP contribution in [0, 0.1) is 4.91 Å². The number of esters is 2. The molecule has 14 heavy (non-hydrogen) atoms. The van der Waals surface area contributed by atoms with Gasteiger partial charge < -0.3 is 9.47 Å². The number of carbonyl (C=O) groups is 2. The van der Waals surface area contributed by atoms with Gasteiger partial charge in [-0.05, 0) is 13.8 Å². The summed E-state index contributed by atoms with van der Waals surface area (Å²) in [6, 6.07) is -1.48. The highest BCUT2D eigenvalue weighted by atomic mass is 16.6. The second kappa shape index (κ2) is 6.81. The summed E-state index contributed by atoms with van der Waals surface area (Å²) in [5, 5.41) is 2.24. The van der Waals surface area contributed by atoms with E-state index in [2.05, 4.69) is 14.8 Å². The Bertz CT molecular complexity index is 200. The average Bonchev–Trinajstić information content (AvgIpc) is 2.14. The molecule has 0 spiro atoms. The Morgan fingerprint density at radius 2 is 1.64 bits per heavy atom. The lowest BCUT2D eigenvalue weighted by Crippen LogP contribution is -2.43. The van der Waals surface area contributed by atoms with Crippen molar-refractivity contribution in [3.8, 4) is 0 Å². The van der Waals surface area contributed by atoms with Crippen LogP contribution in [0.3, 0.4) is 0 Å². The van der Waals surface area contributed by atoms with E-state index in [9.17, 15) is 14.5 Å². The topological polar surface area (TPSA) is 94.1 Å². The minimum Gasteiger partial charge on any atom is -0.464 e. The number of carbonyl (C=O) groups excluding carboxylic acids is 2. The van der Waals surface area contributed by atoms with Crippen LogP contribution in [0.15, 0.2) is 5.29 Å². The molecule has 0 saturated heterocycles. The van der Waals surface area contributed by atoms with Crippen LogP contribution in [0.5, 0.6) is 0 Å². The Morgan fingerprint density at radius 3 is 1.93 bits per heavy atom. The van der Waals surface area contributed by atoms with Gasteiger partial charge in [0.2, 0.25) is 6.04 Å². The number of nitroso groups, excluding NO2 is 1. The normalized spacial score (nSPS) is 9.36. The Balaban J connectivity index is 4.33. The van der Waals surface area contributed by atoms with Crippen molar-refractivity contribution in [3.05, 3.63) is 4.91 Å². The van der Waals surface area contributed by atoms with Gasteiger partial charge in [0.05, 0.1) is 18.5 Å². The zero-order valence-electron chi connectivity index (χ0n) is 7.98. The first-order valence-corrected chi connectivity index (χ1v) is 4.08. The summed E-state index contributed by atoms with van der Waals surface area (Å²) in [6.45, 7) is 3.37. The third kappa shape index (κ3) is 3.83. The molecule has 0 saturated carbocycles. The van der Waals surface area contributed by atoms with E-state index in [1.807, 2.05) is 0 Å². The fourth-order valence-corrected chi connectivity index (χ4v) is 0.706. The molecule has 0 heterocycles. The van der Waals surface area contributed by atoms with Crippen molar-refractivity contribution >= 4 is 11.9 Å². The van der Waals surface area contributed by atoms with E-state index in [0.717, 1.165) is 0 Å². The van der Waals surface area contributed by atoms with Gasteiger partial charge in [-0.3, -0.25) is 0 Å². The molecule has 0 aromatic rings. The molecule has 0 amide bonds. The summed E-state index contributed by atoms with van der Waals surface area (Å²) in [6.07, 6.45) is 0. The molecule has 0 aromatic carbocycles. The minimum absolute atomic E-state index is 0.106. The molecule has 0 aromatic heterocycles. The minimum atomic E-state index is -1.48. The molecule has 0 aliphatic rings. The Kier molecular flexibility index (Phi) is 6.01. The number of ether oxygens (including phenoxy) is 2. The first kappa shape index (κ1) is 12.3. The summed E-state index contributed by atoms with van der Waals surface area (Å²) >= 11 is 0. The fourth-order valence-electron chi connectivity index (χ4n) is 0.706. The second-order valence-corrected chi connectivity index (χ2v) is 2.16. The molecule has 0 atom stereocenters. The summed E-state index contributed by atoms with van der Waals surface area (Å²) < 4.78 is 9.05. The molecule has 1 N–H and O–H groups in total. The SMILES string of the molecule is CCOC(=O)C(NN=O)C(=O)OCC. The average molecular weight is 204 g/mol. The van der Waals surface area contributed by atoms with Gasteiger partial charge in [0.25, 0.3) is 0 Å². The van der Waals surface area contributed by atoms with Crippen molar-refractivity contribution in [1.29, 1.82) is 0 Å². The van der Waals surface area contributed by atoms with E-state index in [1.165, 1.54) is 0 Å². The maximum absolute atomic E-state index is 11.1. The van der Waals surface area contributed by atoms with Gasteiger partial charge in [0.1, 0.15) is 0 Å². The van der Waals surface area contributed by atoms with E-state index >= 15 is 0 Å². The van der Waals surface area contributed by atoms with Crippen LogP contribution in [-0.4, -0.2) is 31.2 Å². The molecule has 0 fully saturated rings. The molecular weight excluding hydrogens is 192 g/mol. The Hall–Kier alpha value is -1.66. The van der Waals surface area contributed by atoms with Gasteiger partial charge in [-0.2, -0.15) is 0 Å². The maximum atomic E-state index is 11.1. The van der Waals surface area contributed by atoms with E-state index in [-0.39, 0.29) is 13.2 Å². The van der Waals surface area contributed by atoms with Crippen LogP contribution in [-0.2, 0) is 19.1 Å². The lowest BCUT2D eigenvalue weighted by Gasteiger charge is -2.11. The summed E-state index contributed by atoms with van der Waals surface area (Å²) in [5.74, 6) is -1.77. The van der Waals surface area contributed by atoms with E-state index in [4.69, 9.17) is 0 Å². The lowest BCUT2D eigenvalue weighted by atomic mass is 10.3. The fraction of sp³-hybridized carbons (Fsp3) is 0.714. The molecule has 80 valence electrons. The van der Waals surface area contributed by atoms with E-state index in [0.29, 0.717) is 0 Å². The number of hydrogen-bond donors (Lipinski definition) is 1. The van der Waals surface area contributed by atoms with Gasteiger partial charge in [-0.1, -0.05) is 0 Å². The van der Waals surface area contributed by atoms with Crippen molar-refractivity contribution in [2.75, 3.05) is 13.2 Å². The van der Waals surface area contributed by atoms with E-state index < -0.39 is 18.0 Å². The van der Waals surface area contributed by atoms with Gasteiger partial charge in [-0.25, -0.2) is 15.0 Å². The van der Waals surface area contributed by atoms with Gasteiger partial charge >= 0.3 is 11.9 Å². The Morgan fingerprint density at radius 1 is 1.21 bits per heavy atom. The van der Waals surface area contributed by atoms with Gasteiger partial charge in [0.15, 0.2) is 0 Å². The molecule has 0 aliphatic carbocycles. The van der Waals surface area contributed by atoms with Crippen molar-refractivity contribution in [2.45, 2.75) is 19.9 Å². The lowest BCUT2D eigenvalue weighted by molar-refractivity contribution is -0.157. The highest BCUT2D eigenvalue weighted by Crippen LogP contribution is 1.94. The van der Waals surface area contributed by atoms with Crippen molar-refractivity contribution in [3.63, 3.8) is 0 Å². The van der Waals surface area contributed by atoms with Crippen LogP contribution in [0.25, 0.3) is 0 Å². The Labute approximate surface area is 80.7 Å². The van der Waals surface area contributed by atoms with Crippen molar-refractivity contribution in [2.24, 2.45) is 5.29 Å². The summed E-state index contributed by atoms with van der Waals surface area (Å²) in [5.41, 5.74) is 1.77. The van der Waals surface area contributed by atoms with E-state index in [1.54, 1.807) is 19.3 Å². The molecule has 0 radical (unpaired) electrons. The number of hydrogen-bond acceptors (Lipinski definition) is 6. The monoisotopic (exact) mass is 204 g/mol. The van der Waals surface area contributed by atoms with Crippen LogP contribution in [0.2, 0.25) is 0 Å². The first-order chi connectivity index (χ1) is 6.67. The number of rotatable bonds is 6. The number of nitrogens with zero attached hydrogens (tertiary/aromatic N) is 1. The van der Waals surface area contributed by atoms with Crippen molar-refractivity contribution in [1.82, 2.24) is 5.43 Å². The summed E-state index contributed by atoms with van der Waals surface area (Å²) in [4.78, 5) is 32.0. The van der Waals surface area contributed by atoms with Gasteiger partial charge in [-0.15, -0.1) is 4.91 Å². The molecule has 0 bridgehead atoms. The second-order valence-electron chi connectivity index (χ2n) is 2.16. The highest BCUT2D eigenvalue weighted by Gasteiger charge is 2.29. The van der Waals surface area contributed by atoms with Crippen LogP contribution in [0.1, 0.15) is 13.8 Å². The predicted octanol–water partition coefficient (Wildman–Crippen LogP) is -0.248. The maximum Gasteiger partial charge on any atom is 0.342 e. The molecular formula is C7H12N2O5. The molecule has 7 heteroatoms. The molecule has 0 aliphatic heterocycles. The van der Waals surface area contributed by atoms with Crippen molar-refractivity contribution < 1.29 is 19.1 Å².